The molecule has 2 aromatic rings. The lowest BCUT2D eigenvalue weighted by molar-refractivity contribution is -0.222. The minimum atomic E-state index is -3.23. The third kappa shape index (κ3) is 3.95. The van der Waals surface area contributed by atoms with Gasteiger partial charge in [0, 0.05) is 5.56 Å². The zero-order valence-corrected chi connectivity index (χ0v) is 14.9. The standard InChI is InChI=1S/C22H23F3O/c1-3-5-15-6-9-19(10-7-15)22(24,25)26-20-11-8-17-12-16(4-2)21(23)14-18(17)13-20/h3-5,8,11-15,19H,2,6-7,9-10H2,1H3/b5-3+. The Bertz CT molecular complexity index is 817. The molecule has 2 aromatic carbocycles. The third-order valence-electron chi connectivity index (χ3n) is 5.11. The Morgan fingerprint density at radius 3 is 2.46 bits per heavy atom. The van der Waals surface area contributed by atoms with Crippen LogP contribution in [0.1, 0.15) is 38.2 Å². The largest absolute Gasteiger partial charge is 0.432 e. The van der Waals surface area contributed by atoms with Gasteiger partial charge in [-0.25, -0.2) is 4.39 Å². The molecule has 1 fully saturated rings. The van der Waals surface area contributed by atoms with Gasteiger partial charge in [0.25, 0.3) is 0 Å². The number of alkyl halides is 2. The summed E-state index contributed by atoms with van der Waals surface area (Å²) in [5.74, 6) is -0.781. The van der Waals surface area contributed by atoms with E-state index >= 15 is 0 Å². The number of ether oxygens (including phenoxy) is 1. The van der Waals surface area contributed by atoms with Crippen molar-refractivity contribution in [2.24, 2.45) is 11.8 Å². The molecule has 0 unspecified atom stereocenters. The van der Waals surface area contributed by atoms with Crippen molar-refractivity contribution < 1.29 is 17.9 Å². The van der Waals surface area contributed by atoms with Crippen LogP contribution in [-0.4, -0.2) is 6.11 Å². The second-order valence-electron chi connectivity index (χ2n) is 6.89. The maximum Gasteiger partial charge on any atom is 0.400 e. The Morgan fingerprint density at radius 2 is 1.81 bits per heavy atom. The van der Waals surface area contributed by atoms with Gasteiger partial charge < -0.3 is 4.74 Å². The van der Waals surface area contributed by atoms with E-state index in [1.807, 2.05) is 13.0 Å². The average molecular weight is 360 g/mol. The molecule has 1 aliphatic rings. The third-order valence-corrected chi connectivity index (χ3v) is 5.11. The van der Waals surface area contributed by atoms with Gasteiger partial charge in [0.15, 0.2) is 0 Å². The second kappa shape index (κ2) is 7.56. The first kappa shape index (κ1) is 18.6. The Hall–Kier alpha value is -2.23. The number of halogens is 3. The maximum atomic E-state index is 14.6. The fourth-order valence-corrected chi connectivity index (χ4v) is 3.65. The number of hydrogen-bond donors (Lipinski definition) is 0. The molecule has 138 valence electrons. The van der Waals surface area contributed by atoms with E-state index in [-0.39, 0.29) is 5.75 Å². The lowest BCUT2D eigenvalue weighted by atomic mass is 9.81. The summed E-state index contributed by atoms with van der Waals surface area (Å²) < 4.78 is 48.1. The van der Waals surface area contributed by atoms with E-state index in [4.69, 9.17) is 4.74 Å². The van der Waals surface area contributed by atoms with E-state index in [1.54, 1.807) is 12.1 Å². The number of hydrogen-bond acceptors (Lipinski definition) is 1. The predicted octanol–water partition coefficient (Wildman–Crippen LogP) is 6.98. The molecule has 26 heavy (non-hydrogen) atoms. The Morgan fingerprint density at radius 1 is 1.08 bits per heavy atom. The monoisotopic (exact) mass is 360 g/mol. The van der Waals surface area contributed by atoms with Crippen molar-refractivity contribution in [1.29, 1.82) is 0 Å². The summed E-state index contributed by atoms with van der Waals surface area (Å²) in [7, 11) is 0. The summed E-state index contributed by atoms with van der Waals surface area (Å²) >= 11 is 0. The zero-order valence-electron chi connectivity index (χ0n) is 14.9. The molecule has 4 heteroatoms. The predicted molar refractivity (Wildman–Crippen MR) is 99.8 cm³/mol. The van der Waals surface area contributed by atoms with Crippen molar-refractivity contribution in [2.45, 2.75) is 38.7 Å². The van der Waals surface area contributed by atoms with E-state index in [9.17, 15) is 13.2 Å². The number of rotatable bonds is 5. The fourth-order valence-electron chi connectivity index (χ4n) is 3.65. The van der Waals surface area contributed by atoms with E-state index in [2.05, 4.69) is 12.7 Å². The minimum Gasteiger partial charge on any atom is -0.432 e. The molecule has 1 saturated carbocycles. The first-order valence-corrected chi connectivity index (χ1v) is 8.98. The molecule has 0 aromatic heterocycles. The molecule has 0 amide bonds. The van der Waals surface area contributed by atoms with E-state index in [0.29, 0.717) is 29.7 Å². The summed E-state index contributed by atoms with van der Waals surface area (Å²) in [4.78, 5) is 0. The van der Waals surface area contributed by atoms with Crippen molar-refractivity contribution in [1.82, 2.24) is 0 Å². The van der Waals surface area contributed by atoms with Crippen molar-refractivity contribution in [3.05, 3.63) is 60.4 Å². The van der Waals surface area contributed by atoms with Gasteiger partial charge in [-0.05, 0) is 73.6 Å². The molecule has 3 rings (SSSR count). The Labute approximate surface area is 152 Å². The maximum absolute atomic E-state index is 14.6. The molecule has 0 saturated heterocycles. The number of allylic oxidation sites excluding steroid dienone is 2. The zero-order chi connectivity index (χ0) is 18.7. The highest BCUT2D eigenvalue weighted by atomic mass is 19.3. The highest BCUT2D eigenvalue weighted by molar-refractivity contribution is 5.86. The van der Waals surface area contributed by atoms with Crippen LogP contribution in [0.5, 0.6) is 5.75 Å². The van der Waals surface area contributed by atoms with Gasteiger partial charge in [-0.1, -0.05) is 30.9 Å². The van der Waals surface area contributed by atoms with Crippen LogP contribution in [0.15, 0.2) is 49.1 Å². The van der Waals surface area contributed by atoms with Crippen LogP contribution in [-0.2, 0) is 0 Å². The molecular formula is C22H23F3O. The highest BCUT2D eigenvalue weighted by Crippen LogP contribution is 2.40. The Kier molecular flexibility index (Phi) is 5.40. The molecular weight excluding hydrogens is 337 g/mol. The normalized spacial score (nSPS) is 21.2. The van der Waals surface area contributed by atoms with Crippen molar-refractivity contribution in [3.63, 3.8) is 0 Å². The van der Waals surface area contributed by atoms with Crippen molar-refractivity contribution in [3.8, 4) is 5.75 Å². The molecule has 0 spiro atoms. The Balaban J connectivity index is 1.76. The fraction of sp³-hybridized carbons (Fsp3) is 0.364. The average Bonchev–Trinajstić information content (AvgIpc) is 2.61. The summed E-state index contributed by atoms with van der Waals surface area (Å²) in [5.41, 5.74) is 0.384. The summed E-state index contributed by atoms with van der Waals surface area (Å²) in [5, 5.41) is 1.28. The van der Waals surface area contributed by atoms with Crippen LogP contribution in [0.2, 0.25) is 0 Å². The van der Waals surface area contributed by atoms with Gasteiger partial charge in [-0.15, -0.1) is 0 Å². The first-order valence-electron chi connectivity index (χ1n) is 8.98. The van der Waals surface area contributed by atoms with Gasteiger partial charge in [0.1, 0.15) is 11.6 Å². The lowest BCUT2D eigenvalue weighted by Crippen LogP contribution is -2.37. The van der Waals surface area contributed by atoms with Crippen LogP contribution in [0.25, 0.3) is 16.8 Å². The molecule has 1 aliphatic carbocycles. The first-order chi connectivity index (χ1) is 12.4. The van der Waals surface area contributed by atoms with Gasteiger partial charge in [-0.2, -0.15) is 8.78 Å². The summed E-state index contributed by atoms with van der Waals surface area (Å²) in [6.07, 6.45) is 4.64. The number of fused-ring (bicyclic) bond motifs is 1. The van der Waals surface area contributed by atoms with Crippen molar-refractivity contribution in [2.75, 3.05) is 0 Å². The van der Waals surface area contributed by atoms with Gasteiger partial charge in [0.05, 0.1) is 5.92 Å². The minimum absolute atomic E-state index is 0.0591. The molecule has 0 bridgehead atoms. The van der Waals surface area contributed by atoms with Gasteiger partial charge in [0.2, 0.25) is 0 Å². The molecule has 1 nitrogen and oxygen atoms in total. The van der Waals surface area contributed by atoms with Gasteiger partial charge >= 0.3 is 6.11 Å². The molecule has 0 N–H and O–H groups in total. The summed E-state index contributed by atoms with van der Waals surface area (Å²) in [6, 6.07) is 7.59. The number of benzene rings is 2. The van der Waals surface area contributed by atoms with Crippen LogP contribution >= 0.6 is 0 Å². The van der Waals surface area contributed by atoms with E-state index in [1.165, 1.54) is 24.3 Å². The topological polar surface area (TPSA) is 9.23 Å². The quantitative estimate of drug-likeness (QED) is 0.523. The molecule has 0 radical (unpaired) electrons. The molecule has 0 atom stereocenters. The molecule has 0 heterocycles. The van der Waals surface area contributed by atoms with Crippen molar-refractivity contribution >= 4 is 16.8 Å². The van der Waals surface area contributed by atoms with Crippen LogP contribution in [0, 0.1) is 17.7 Å². The SMILES string of the molecule is C=Cc1cc2ccc(OC(F)(F)C3CCC(/C=C/C)CC3)cc2cc1F. The van der Waals surface area contributed by atoms with Crippen LogP contribution < -0.4 is 4.74 Å². The lowest BCUT2D eigenvalue weighted by Gasteiger charge is -2.32. The van der Waals surface area contributed by atoms with E-state index < -0.39 is 17.8 Å². The van der Waals surface area contributed by atoms with Crippen LogP contribution in [0.4, 0.5) is 13.2 Å². The highest BCUT2D eigenvalue weighted by Gasteiger charge is 2.43. The molecule has 0 aliphatic heterocycles. The second-order valence-corrected chi connectivity index (χ2v) is 6.89. The van der Waals surface area contributed by atoms with Gasteiger partial charge in [-0.3, -0.25) is 0 Å². The summed E-state index contributed by atoms with van der Waals surface area (Å²) in [6.45, 7) is 5.51. The van der Waals surface area contributed by atoms with E-state index in [0.717, 1.165) is 18.2 Å². The van der Waals surface area contributed by atoms with Crippen LogP contribution in [0.3, 0.4) is 0 Å². The smallest absolute Gasteiger partial charge is 0.400 e.